The second-order valence-electron chi connectivity index (χ2n) is 5.38. The van der Waals surface area contributed by atoms with Crippen molar-refractivity contribution in [2.75, 3.05) is 0 Å². The number of sulfonamides is 1. The van der Waals surface area contributed by atoms with Crippen molar-refractivity contribution in [3.8, 4) is 0 Å². The van der Waals surface area contributed by atoms with Crippen LogP contribution in [0.5, 0.6) is 0 Å². The molecule has 0 spiro atoms. The fraction of sp³-hybridized carbons (Fsp3) is 0.571. The molecule has 2 N–H and O–H groups in total. The zero-order valence-corrected chi connectivity index (χ0v) is 12.3. The van der Waals surface area contributed by atoms with Crippen molar-refractivity contribution in [2.45, 2.75) is 50.2 Å². The smallest absolute Gasteiger partial charge is 0.243 e. The van der Waals surface area contributed by atoms with Crippen LogP contribution in [0.25, 0.3) is 0 Å². The molecule has 1 fully saturated rings. The molecule has 0 aliphatic heterocycles. The zero-order valence-electron chi connectivity index (χ0n) is 11.5. The molecule has 0 amide bonds. The Labute approximate surface area is 119 Å². The molecule has 1 saturated carbocycles. The largest absolute Gasteiger partial charge is 0.392 e. The van der Waals surface area contributed by atoms with Gasteiger partial charge in [0.2, 0.25) is 10.0 Å². The summed E-state index contributed by atoms with van der Waals surface area (Å²) in [5.74, 6) is -0.507. The highest BCUT2D eigenvalue weighted by Gasteiger charge is 2.27. The lowest BCUT2D eigenvalue weighted by Crippen LogP contribution is -2.37. The van der Waals surface area contributed by atoms with Crippen molar-refractivity contribution in [3.05, 3.63) is 29.6 Å². The third-order valence-electron chi connectivity index (χ3n) is 3.92. The summed E-state index contributed by atoms with van der Waals surface area (Å²) >= 11 is 0. The molecule has 112 valence electrons. The van der Waals surface area contributed by atoms with Crippen LogP contribution in [0.1, 0.15) is 38.2 Å². The van der Waals surface area contributed by atoms with Gasteiger partial charge in [-0.25, -0.2) is 17.5 Å². The second kappa shape index (κ2) is 6.20. The van der Waals surface area contributed by atoms with E-state index in [9.17, 15) is 12.8 Å². The van der Waals surface area contributed by atoms with Gasteiger partial charge in [-0.2, -0.15) is 0 Å². The quantitative estimate of drug-likeness (QED) is 0.876. The van der Waals surface area contributed by atoms with E-state index in [1.54, 1.807) is 0 Å². The lowest BCUT2D eigenvalue weighted by molar-refractivity contribution is 0.281. The first-order valence-corrected chi connectivity index (χ1v) is 8.34. The van der Waals surface area contributed by atoms with Crippen molar-refractivity contribution < 1.29 is 17.9 Å². The molecule has 1 unspecified atom stereocenters. The molecule has 0 heterocycles. The van der Waals surface area contributed by atoms with E-state index in [1.165, 1.54) is 12.1 Å². The molecule has 4 nitrogen and oxygen atoms in total. The van der Waals surface area contributed by atoms with Gasteiger partial charge >= 0.3 is 0 Å². The van der Waals surface area contributed by atoms with Gasteiger partial charge in [0.25, 0.3) is 0 Å². The fourth-order valence-electron chi connectivity index (χ4n) is 2.72. The molecule has 0 bridgehead atoms. The number of benzene rings is 1. The lowest BCUT2D eigenvalue weighted by atomic mass is 10.0. The van der Waals surface area contributed by atoms with Crippen molar-refractivity contribution in [3.63, 3.8) is 0 Å². The minimum Gasteiger partial charge on any atom is -0.392 e. The molecule has 0 saturated heterocycles. The predicted octanol–water partition coefficient (Wildman–Crippen LogP) is 2.17. The molecule has 2 rings (SSSR count). The molecule has 1 aromatic rings. The highest BCUT2D eigenvalue weighted by Crippen LogP contribution is 2.28. The van der Waals surface area contributed by atoms with Crippen LogP contribution in [0.2, 0.25) is 0 Å². The average Bonchev–Trinajstić information content (AvgIpc) is 2.91. The summed E-state index contributed by atoms with van der Waals surface area (Å²) in [6, 6.07) is 3.47. The van der Waals surface area contributed by atoms with Gasteiger partial charge in [-0.1, -0.05) is 18.9 Å². The first-order valence-electron chi connectivity index (χ1n) is 6.85. The van der Waals surface area contributed by atoms with Gasteiger partial charge in [0.05, 0.1) is 6.61 Å². The molecule has 6 heteroatoms. The molecular weight excluding hydrogens is 281 g/mol. The number of aliphatic hydroxyl groups excluding tert-OH is 1. The summed E-state index contributed by atoms with van der Waals surface area (Å²) in [4.78, 5) is -0.362. The van der Waals surface area contributed by atoms with Crippen LogP contribution in [0.4, 0.5) is 4.39 Å². The Bertz CT molecular complexity index is 568. The Morgan fingerprint density at radius 2 is 2.05 bits per heavy atom. The molecule has 1 atom stereocenters. The standard InChI is InChI=1S/C14H20FNO3S/c1-10(12-4-2-3-5-12)16-20(18,19)14-7-6-11(9-17)8-13(14)15/h6-8,10,12,16-17H,2-5,9H2,1H3. The molecule has 1 aliphatic rings. The van der Waals surface area contributed by atoms with Gasteiger partial charge in [0.15, 0.2) is 0 Å². The van der Waals surface area contributed by atoms with E-state index in [0.717, 1.165) is 31.7 Å². The summed E-state index contributed by atoms with van der Waals surface area (Å²) in [6.45, 7) is 1.51. The third kappa shape index (κ3) is 3.37. The van der Waals surface area contributed by atoms with Crippen LogP contribution in [-0.4, -0.2) is 19.6 Å². The maximum Gasteiger partial charge on any atom is 0.243 e. The van der Waals surface area contributed by atoms with E-state index in [-0.39, 0.29) is 17.5 Å². The highest BCUT2D eigenvalue weighted by molar-refractivity contribution is 7.89. The van der Waals surface area contributed by atoms with E-state index >= 15 is 0 Å². The van der Waals surface area contributed by atoms with Gasteiger partial charge in [0, 0.05) is 6.04 Å². The van der Waals surface area contributed by atoms with Gasteiger partial charge in [0.1, 0.15) is 10.7 Å². The first kappa shape index (κ1) is 15.4. The third-order valence-corrected chi connectivity index (χ3v) is 5.51. The monoisotopic (exact) mass is 301 g/mol. The van der Waals surface area contributed by atoms with Crippen LogP contribution in [-0.2, 0) is 16.6 Å². The van der Waals surface area contributed by atoms with Gasteiger partial charge in [-0.05, 0) is 43.4 Å². The Morgan fingerprint density at radius 1 is 1.40 bits per heavy atom. The van der Waals surface area contributed by atoms with Crippen molar-refractivity contribution in [2.24, 2.45) is 5.92 Å². The number of hydrogen-bond acceptors (Lipinski definition) is 3. The minimum absolute atomic E-state index is 0.195. The van der Waals surface area contributed by atoms with Crippen molar-refractivity contribution >= 4 is 10.0 Å². The molecule has 0 aromatic heterocycles. The predicted molar refractivity (Wildman–Crippen MR) is 74.1 cm³/mol. The summed E-state index contributed by atoms with van der Waals surface area (Å²) in [5.41, 5.74) is 0.352. The lowest BCUT2D eigenvalue weighted by Gasteiger charge is -2.20. The summed E-state index contributed by atoms with van der Waals surface area (Å²) in [5, 5.41) is 8.91. The number of hydrogen-bond donors (Lipinski definition) is 2. The topological polar surface area (TPSA) is 66.4 Å². The van der Waals surface area contributed by atoms with Crippen LogP contribution >= 0.6 is 0 Å². The Morgan fingerprint density at radius 3 is 2.60 bits per heavy atom. The van der Waals surface area contributed by atoms with Crippen LogP contribution in [0, 0.1) is 11.7 Å². The molecule has 1 aromatic carbocycles. The maximum atomic E-state index is 13.8. The number of rotatable bonds is 5. The number of nitrogens with one attached hydrogen (secondary N) is 1. The van der Waals surface area contributed by atoms with E-state index in [4.69, 9.17) is 5.11 Å². The summed E-state index contributed by atoms with van der Waals surface area (Å²) in [7, 11) is -3.86. The van der Waals surface area contributed by atoms with E-state index in [2.05, 4.69) is 4.72 Å². The average molecular weight is 301 g/mol. The van der Waals surface area contributed by atoms with Crippen LogP contribution in [0.3, 0.4) is 0 Å². The normalized spacial score (nSPS) is 18.4. The Balaban J connectivity index is 2.17. The molecule has 20 heavy (non-hydrogen) atoms. The van der Waals surface area contributed by atoms with E-state index < -0.39 is 15.8 Å². The zero-order chi connectivity index (χ0) is 14.8. The molecular formula is C14H20FNO3S. The minimum atomic E-state index is -3.86. The van der Waals surface area contributed by atoms with Crippen LogP contribution < -0.4 is 4.72 Å². The second-order valence-corrected chi connectivity index (χ2v) is 7.06. The van der Waals surface area contributed by atoms with E-state index in [1.807, 2.05) is 6.92 Å². The van der Waals surface area contributed by atoms with Gasteiger partial charge < -0.3 is 5.11 Å². The van der Waals surface area contributed by atoms with Crippen molar-refractivity contribution in [1.82, 2.24) is 4.72 Å². The number of aliphatic hydroxyl groups is 1. The fourth-order valence-corrected chi connectivity index (χ4v) is 4.09. The molecule has 1 aliphatic carbocycles. The van der Waals surface area contributed by atoms with Crippen LogP contribution in [0.15, 0.2) is 23.1 Å². The summed E-state index contributed by atoms with van der Waals surface area (Å²) in [6.07, 6.45) is 4.26. The van der Waals surface area contributed by atoms with Gasteiger partial charge in [-0.3, -0.25) is 0 Å². The highest BCUT2D eigenvalue weighted by atomic mass is 32.2. The summed E-state index contributed by atoms with van der Waals surface area (Å²) < 4.78 is 40.8. The first-order chi connectivity index (χ1) is 9.44. The Kier molecular flexibility index (Phi) is 4.78. The SMILES string of the molecule is CC(NS(=O)(=O)c1ccc(CO)cc1F)C1CCCC1. The maximum absolute atomic E-state index is 13.8. The molecule has 0 radical (unpaired) electrons. The Hall–Kier alpha value is -0.980. The number of halogens is 1. The van der Waals surface area contributed by atoms with Crippen molar-refractivity contribution in [1.29, 1.82) is 0 Å². The van der Waals surface area contributed by atoms with Gasteiger partial charge in [-0.15, -0.1) is 0 Å². The van der Waals surface area contributed by atoms with E-state index in [0.29, 0.717) is 11.5 Å².